The van der Waals surface area contributed by atoms with E-state index < -0.39 is 11.9 Å². The number of halogens is 1. The molecule has 260 valence electrons. The van der Waals surface area contributed by atoms with Gasteiger partial charge in [-0.25, -0.2) is 4.79 Å². The fourth-order valence-electron chi connectivity index (χ4n) is 9.91. The highest BCUT2D eigenvalue weighted by atomic mass is 35.5. The molecule has 6 aliphatic rings. The fourth-order valence-corrected chi connectivity index (χ4v) is 10.0. The van der Waals surface area contributed by atoms with Crippen molar-refractivity contribution in [2.75, 3.05) is 25.0 Å². The van der Waals surface area contributed by atoms with E-state index in [2.05, 4.69) is 15.5 Å². The molecule has 0 spiro atoms. The van der Waals surface area contributed by atoms with Crippen molar-refractivity contribution in [1.82, 2.24) is 10.2 Å². The van der Waals surface area contributed by atoms with Gasteiger partial charge in [-0.15, -0.1) is 0 Å². The summed E-state index contributed by atoms with van der Waals surface area (Å²) >= 11 is 6.10. The number of hydrogen-bond donors (Lipinski definition) is 4. The average molecular weight is 686 g/mol. The summed E-state index contributed by atoms with van der Waals surface area (Å²) in [5.41, 5.74) is 3.45. The number of benzene rings is 3. The Morgan fingerprint density at radius 1 is 0.857 bits per heavy atom. The monoisotopic (exact) mass is 685 g/mol. The Kier molecular flexibility index (Phi) is 9.23. The molecule has 4 saturated carbocycles. The van der Waals surface area contributed by atoms with Gasteiger partial charge in [0, 0.05) is 47.9 Å². The zero-order valence-corrected chi connectivity index (χ0v) is 28.8. The van der Waals surface area contributed by atoms with Gasteiger partial charge in [-0.2, -0.15) is 0 Å². The molecule has 6 fully saturated rings. The van der Waals surface area contributed by atoms with Gasteiger partial charge in [0.1, 0.15) is 0 Å². The summed E-state index contributed by atoms with van der Waals surface area (Å²) in [7, 11) is 0. The lowest BCUT2D eigenvalue weighted by Crippen LogP contribution is -2.60. The zero-order chi connectivity index (χ0) is 33.6. The van der Waals surface area contributed by atoms with Crippen LogP contribution in [0.2, 0.25) is 5.02 Å². The molecule has 4 aliphatic carbocycles. The largest absolute Gasteiger partial charge is 0.392 e. The number of carbonyl (C=O) groups is 1. The van der Waals surface area contributed by atoms with E-state index in [9.17, 15) is 15.0 Å². The third-order valence-corrected chi connectivity index (χ3v) is 12.2. The van der Waals surface area contributed by atoms with Crippen LogP contribution >= 0.6 is 11.6 Å². The summed E-state index contributed by atoms with van der Waals surface area (Å²) in [5.74, 6) is 2.28. The van der Waals surface area contributed by atoms with Crippen molar-refractivity contribution in [1.29, 1.82) is 0 Å². The highest BCUT2D eigenvalue weighted by Crippen LogP contribution is 2.55. The molecule has 0 unspecified atom stereocenters. The first kappa shape index (κ1) is 33.2. The van der Waals surface area contributed by atoms with Crippen molar-refractivity contribution >= 4 is 23.3 Å². The Labute approximate surface area is 294 Å². The number of carbonyl (C=O) groups excluding carboxylic acids is 1. The number of anilines is 1. The summed E-state index contributed by atoms with van der Waals surface area (Å²) in [6.45, 7) is 2.21. The van der Waals surface area contributed by atoms with E-state index in [1.54, 1.807) is 0 Å². The van der Waals surface area contributed by atoms with E-state index in [1.165, 1.54) is 19.3 Å². The van der Waals surface area contributed by atoms with Crippen LogP contribution in [0.15, 0.2) is 72.8 Å². The van der Waals surface area contributed by atoms with Gasteiger partial charge in [0.05, 0.1) is 24.4 Å². The molecule has 2 amide bonds. The van der Waals surface area contributed by atoms with Crippen LogP contribution in [0.25, 0.3) is 0 Å². The lowest BCUT2D eigenvalue weighted by Gasteiger charge is -2.56. The minimum Gasteiger partial charge on any atom is -0.392 e. The molecular formula is C40H48ClN3O5. The molecule has 2 aliphatic heterocycles. The minimum atomic E-state index is -0.868. The maximum atomic E-state index is 13.4. The Hall–Kier alpha value is -2.98. The Morgan fingerprint density at radius 2 is 1.53 bits per heavy atom. The van der Waals surface area contributed by atoms with Gasteiger partial charge in [-0.1, -0.05) is 60.1 Å². The summed E-state index contributed by atoms with van der Waals surface area (Å²) in [5, 5.41) is 28.3. The summed E-state index contributed by atoms with van der Waals surface area (Å²) in [4.78, 5) is 15.7. The van der Waals surface area contributed by atoms with Crippen LogP contribution in [0.5, 0.6) is 0 Å². The number of urea groups is 1. The smallest absolute Gasteiger partial charge is 0.319 e. The molecule has 3 aromatic rings. The molecule has 4 N–H and O–H groups in total. The fraction of sp³-hybridized carbons (Fsp3) is 0.525. The second kappa shape index (κ2) is 13.6. The van der Waals surface area contributed by atoms with Gasteiger partial charge >= 0.3 is 6.03 Å². The van der Waals surface area contributed by atoms with Crippen LogP contribution in [0, 0.1) is 17.8 Å². The van der Waals surface area contributed by atoms with E-state index in [1.807, 2.05) is 72.8 Å². The number of rotatable bonds is 8. The van der Waals surface area contributed by atoms with Crippen molar-refractivity contribution in [3.05, 3.63) is 100 Å². The van der Waals surface area contributed by atoms with E-state index >= 15 is 0 Å². The number of aliphatic hydroxyl groups excluding tert-OH is 1. The average Bonchev–Trinajstić information content (AvgIpc) is 3.09. The number of aliphatic hydroxyl groups is 2. The molecule has 0 radical (unpaired) electrons. The van der Waals surface area contributed by atoms with Crippen LogP contribution in [0.3, 0.4) is 0 Å². The van der Waals surface area contributed by atoms with E-state index in [4.69, 9.17) is 21.1 Å². The normalized spacial score (nSPS) is 32.1. The number of likely N-dealkylation sites (tertiary alicyclic amines) is 1. The maximum absolute atomic E-state index is 13.4. The molecule has 9 rings (SSSR count). The molecule has 2 heterocycles. The predicted octanol–water partition coefficient (Wildman–Crippen LogP) is 7.45. The molecule has 2 saturated heterocycles. The molecule has 3 aromatic carbocycles. The van der Waals surface area contributed by atoms with Crippen LogP contribution < -0.4 is 10.6 Å². The quantitative estimate of drug-likeness (QED) is 0.196. The van der Waals surface area contributed by atoms with E-state index in [0.717, 1.165) is 78.0 Å². The van der Waals surface area contributed by atoms with Gasteiger partial charge in [0.25, 0.3) is 0 Å². The molecule has 0 aromatic heterocycles. The van der Waals surface area contributed by atoms with Crippen molar-refractivity contribution in [2.45, 2.75) is 94.0 Å². The number of ether oxygens (including phenoxy) is 2. The lowest BCUT2D eigenvalue weighted by molar-refractivity contribution is -0.253. The predicted molar refractivity (Wildman–Crippen MR) is 189 cm³/mol. The van der Waals surface area contributed by atoms with Crippen LogP contribution in [0.4, 0.5) is 10.5 Å². The molecule has 4 bridgehead atoms. The first-order valence-electron chi connectivity index (χ1n) is 18.1. The number of amides is 2. The Balaban J connectivity index is 0.952. The highest BCUT2D eigenvalue weighted by Gasteiger charge is 2.51. The molecular weight excluding hydrogens is 638 g/mol. The van der Waals surface area contributed by atoms with Crippen molar-refractivity contribution in [3.63, 3.8) is 0 Å². The number of hydrogen-bond acceptors (Lipinski definition) is 6. The first-order valence-corrected chi connectivity index (χ1v) is 18.5. The minimum absolute atomic E-state index is 0.00622. The van der Waals surface area contributed by atoms with E-state index in [-0.39, 0.29) is 30.4 Å². The SMILES string of the molecule is O=C(Nc1cccc([C@@H]2O[C@H](CN3CCC(O)(c4ccc(Cl)cc4)CC3)C[C@H](c3ccc(CO)cc3)O2)c1)NC12CC3CC(CC(C3)C1)C2. The zero-order valence-electron chi connectivity index (χ0n) is 28.0. The van der Waals surface area contributed by atoms with Crippen molar-refractivity contribution in [3.8, 4) is 0 Å². The van der Waals surface area contributed by atoms with Gasteiger partial charge in [0.2, 0.25) is 0 Å². The van der Waals surface area contributed by atoms with Gasteiger partial charge < -0.3 is 35.2 Å². The van der Waals surface area contributed by atoms with Crippen molar-refractivity contribution in [2.24, 2.45) is 17.8 Å². The number of piperidine rings is 1. The van der Waals surface area contributed by atoms with Gasteiger partial charge in [0.15, 0.2) is 6.29 Å². The van der Waals surface area contributed by atoms with Crippen LogP contribution in [0.1, 0.15) is 92.4 Å². The maximum Gasteiger partial charge on any atom is 0.319 e. The molecule has 9 heteroatoms. The van der Waals surface area contributed by atoms with Gasteiger partial charge in [-0.05, 0) is 110 Å². The van der Waals surface area contributed by atoms with E-state index in [0.29, 0.717) is 30.8 Å². The van der Waals surface area contributed by atoms with Crippen molar-refractivity contribution < 1.29 is 24.5 Å². The summed E-state index contributed by atoms with van der Waals surface area (Å²) < 4.78 is 13.3. The van der Waals surface area contributed by atoms with Crippen LogP contribution in [-0.2, 0) is 21.7 Å². The number of nitrogens with one attached hydrogen (secondary N) is 2. The lowest BCUT2D eigenvalue weighted by atomic mass is 9.53. The summed E-state index contributed by atoms with van der Waals surface area (Å²) in [6, 6.07) is 23.1. The second-order valence-electron chi connectivity index (χ2n) is 15.6. The highest BCUT2D eigenvalue weighted by molar-refractivity contribution is 6.30. The molecule has 8 nitrogen and oxygen atoms in total. The molecule has 3 atom stereocenters. The Bertz CT molecular complexity index is 1590. The molecule has 49 heavy (non-hydrogen) atoms. The summed E-state index contributed by atoms with van der Waals surface area (Å²) in [6.07, 6.45) is 8.33. The second-order valence-corrected chi connectivity index (χ2v) is 16.0. The first-order chi connectivity index (χ1) is 23.7. The topological polar surface area (TPSA) is 103 Å². The Morgan fingerprint density at radius 3 is 2.18 bits per heavy atom. The third-order valence-electron chi connectivity index (χ3n) is 12.0. The van der Waals surface area contributed by atoms with Crippen LogP contribution in [-0.4, -0.2) is 52.4 Å². The third kappa shape index (κ3) is 7.27. The number of nitrogens with zero attached hydrogens (tertiary/aromatic N) is 1. The standard InChI is InChI=1S/C40H48ClN3O5/c41-33-10-8-32(9-11-33)40(47)12-14-44(15-13-40)24-35-20-36(30-6-4-26(25-45)5-7-30)49-37(48-35)31-2-1-3-34(19-31)42-38(46)43-39-21-27-16-28(22-39)18-29(17-27)23-39/h1-11,19,27-29,35-37,45,47H,12-18,20-25H2,(H2,42,43,46)/t27?,28?,29?,35-,36+,37+,39?/m0/s1. The van der Waals surface area contributed by atoms with Gasteiger partial charge in [-0.3, -0.25) is 0 Å².